The third-order valence-corrected chi connectivity index (χ3v) is 16.6. The Morgan fingerprint density at radius 2 is 1.14 bits per heavy atom. The lowest BCUT2D eigenvalue weighted by Gasteiger charge is -2.39. The molecule has 0 bridgehead atoms. The van der Waals surface area contributed by atoms with Crippen LogP contribution in [0.1, 0.15) is 0 Å². The molecule has 126 valence electrons. The Balaban J connectivity index is 2.82. The van der Waals surface area contributed by atoms with E-state index in [1.165, 1.54) is 5.19 Å². The maximum absolute atomic E-state index is 10.0. The number of hydrogen-bond acceptors (Lipinski definition) is 4. The maximum atomic E-state index is 10.0. The zero-order valence-corrected chi connectivity index (χ0v) is 19.1. The van der Waals surface area contributed by atoms with Gasteiger partial charge in [0.15, 0.2) is 0 Å². The van der Waals surface area contributed by atoms with Crippen LogP contribution in [0.2, 0.25) is 52.4 Å². The van der Waals surface area contributed by atoms with Crippen LogP contribution in [0.3, 0.4) is 0 Å². The molecule has 0 amide bonds. The Labute approximate surface area is 139 Å². The molecule has 0 fully saturated rings. The van der Waals surface area contributed by atoms with Crippen LogP contribution in [0.25, 0.3) is 0 Å². The van der Waals surface area contributed by atoms with Crippen molar-refractivity contribution in [2.24, 2.45) is 0 Å². The van der Waals surface area contributed by atoms with Gasteiger partial charge in [-0.15, -0.1) is 0 Å². The first-order valence-electron chi connectivity index (χ1n) is 7.61. The van der Waals surface area contributed by atoms with Crippen molar-refractivity contribution in [2.75, 3.05) is 0 Å². The summed E-state index contributed by atoms with van der Waals surface area (Å²) in [6.45, 7) is 16.0. The monoisotopic (exact) mass is 374 g/mol. The van der Waals surface area contributed by atoms with Gasteiger partial charge in [0.25, 0.3) is 0 Å². The molecule has 1 N–H and O–H groups in total. The topological polar surface area (TPSA) is 47.9 Å². The van der Waals surface area contributed by atoms with Gasteiger partial charge in [0.1, 0.15) is 0 Å². The second-order valence-electron chi connectivity index (χ2n) is 7.43. The average Bonchev–Trinajstić information content (AvgIpc) is 2.23. The summed E-state index contributed by atoms with van der Waals surface area (Å²) in [7, 11) is -9.37. The van der Waals surface area contributed by atoms with Crippen molar-refractivity contribution in [1.29, 1.82) is 0 Å². The quantitative estimate of drug-likeness (QED) is 0.744. The van der Waals surface area contributed by atoms with Crippen LogP contribution >= 0.6 is 0 Å². The fourth-order valence-electron chi connectivity index (χ4n) is 2.75. The summed E-state index contributed by atoms with van der Waals surface area (Å²) < 4.78 is 18.7. The summed E-state index contributed by atoms with van der Waals surface area (Å²) in [5, 5.41) is 1.26. The van der Waals surface area contributed by atoms with E-state index >= 15 is 0 Å². The smallest absolute Gasteiger partial charge is 0.320 e. The first-order chi connectivity index (χ1) is 9.73. The Hall–Kier alpha value is -0.0725. The predicted molar refractivity (Wildman–Crippen MR) is 101 cm³/mol. The van der Waals surface area contributed by atoms with Crippen molar-refractivity contribution in [3.63, 3.8) is 0 Å². The maximum Gasteiger partial charge on any atom is 0.320 e. The highest BCUT2D eigenvalue weighted by Crippen LogP contribution is 2.23. The minimum atomic E-state index is -2.60. The summed E-state index contributed by atoms with van der Waals surface area (Å²) in [6.07, 6.45) is 0. The van der Waals surface area contributed by atoms with Gasteiger partial charge in [0.05, 0.1) is 0 Å². The lowest BCUT2D eigenvalue weighted by molar-refractivity contribution is 0.297. The number of benzene rings is 1. The highest BCUT2D eigenvalue weighted by molar-refractivity contribution is 6.93. The number of rotatable bonds is 7. The van der Waals surface area contributed by atoms with Gasteiger partial charge >= 0.3 is 25.7 Å². The van der Waals surface area contributed by atoms with Crippen molar-refractivity contribution in [3.05, 3.63) is 30.3 Å². The van der Waals surface area contributed by atoms with E-state index in [0.29, 0.717) is 0 Å². The largest absolute Gasteiger partial charge is 0.433 e. The molecule has 22 heavy (non-hydrogen) atoms. The number of hydrogen-bond donors (Lipinski definition) is 1. The molecular weight excluding hydrogens is 344 g/mol. The molecule has 0 spiro atoms. The molecule has 1 aromatic carbocycles. The van der Waals surface area contributed by atoms with Crippen molar-refractivity contribution in [1.82, 2.24) is 0 Å². The molecule has 1 rings (SSSR count). The molecule has 4 nitrogen and oxygen atoms in total. The Morgan fingerprint density at radius 3 is 1.59 bits per heavy atom. The second-order valence-corrected chi connectivity index (χ2v) is 22.0. The summed E-state index contributed by atoms with van der Waals surface area (Å²) in [5.41, 5.74) is 0. The fraction of sp³-hybridized carbons (Fsp3) is 0.571. The summed E-state index contributed by atoms with van der Waals surface area (Å²) in [5.74, 6) is 0. The highest BCUT2D eigenvalue weighted by atomic mass is 28.5. The Kier molecular flexibility index (Phi) is 6.18. The van der Waals surface area contributed by atoms with E-state index in [2.05, 4.69) is 38.3 Å². The molecule has 0 unspecified atom stereocenters. The fourth-order valence-corrected chi connectivity index (χ4v) is 19.8. The molecular formula is C14H30O4Si4. The van der Waals surface area contributed by atoms with E-state index < -0.39 is 34.0 Å². The normalized spacial score (nSPS) is 14.2. The Morgan fingerprint density at radius 1 is 0.682 bits per heavy atom. The molecule has 0 atom stereocenters. The predicted octanol–water partition coefficient (Wildman–Crippen LogP) is 3.25. The van der Waals surface area contributed by atoms with E-state index in [4.69, 9.17) is 12.3 Å². The third kappa shape index (κ3) is 7.00. The van der Waals surface area contributed by atoms with Gasteiger partial charge in [-0.1, -0.05) is 30.3 Å². The van der Waals surface area contributed by atoms with Crippen LogP contribution in [0.5, 0.6) is 0 Å². The average molecular weight is 375 g/mol. The van der Waals surface area contributed by atoms with Crippen molar-refractivity contribution in [2.45, 2.75) is 52.4 Å². The molecule has 0 aliphatic rings. The standard InChI is InChI=1S/C14H30O4Si4/c1-19(2,14-12-10-9-11-13-14)16-21(5,6)18-22(7,8)17-20(3,4)15/h9-13,15H,1-8H3. The third-order valence-electron chi connectivity index (χ3n) is 2.96. The zero-order valence-electron chi connectivity index (χ0n) is 15.1. The summed E-state index contributed by atoms with van der Waals surface area (Å²) >= 11 is 0. The first kappa shape index (κ1) is 20.0. The van der Waals surface area contributed by atoms with Crippen LogP contribution in [0.15, 0.2) is 30.3 Å². The molecule has 0 saturated heterocycles. The SMILES string of the molecule is C[Si](C)(O)O[Si](C)(C)O[Si](C)(C)O[Si](C)(C)c1ccccc1. The van der Waals surface area contributed by atoms with E-state index in [-0.39, 0.29) is 0 Å². The molecule has 8 heteroatoms. The summed E-state index contributed by atoms with van der Waals surface area (Å²) in [4.78, 5) is 10.0. The molecule has 0 aliphatic carbocycles. The Bertz CT molecular complexity index is 483. The molecule has 0 aliphatic heterocycles. The molecule has 0 aromatic heterocycles. The van der Waals surface area contributed by atoms with Gasteiger partial charge in [-0.25, -0.2) is 0 Å². The van der Waals surface area contributed by atoms with E-state index in [0.717, 1.165) is 0 Å². The van der Waals surface area contributed by atoms with Gasteiger partial charge in [-0.05, 0) is 57.6 Å². The van der Waals surface area contributed by atoms with E-state index in [1.807, 2.05) is 31.3 Å². The van der Waals surface area contributed by atoms with Crippen LogP contribution in [-0.4, -0.2) is 38.8 Å². The van der Waals surface area contributed by atoms with Gasteiger partial charge in [0, 0.05) is 0 Å². The van der Waals surface area contributed by atoms with Gasteiger partial charge in [0.2, 0.25) is 8.32 Å². The van der Waals surface area contributed by atoms with Gasteiger partial charge < -0.3 is 17.1 Å². The van der Waals surface area contributed by atoms with E-state index in [9.17, 15) is 4.80 Å². The minimum Gasteiger partial charge on any atom is -0.433 e. The zero-order chi connectivity index (χ0) is 17.2. The van der Waals surface area contributed by atoms with Crippen molar-refractivity contribution < 1.29 is 17.1 Å². The van der Waals surface area contributed by atoms with Gasteiger partial charge in [-0.2, -0.15) is 0 Å². The van der Waals surface area contributed by atoms with Crippen LogP contribution < -0.4 is 5.19 Å². The van der Waals surface area contributed by atoms with Crippen LogP contribution in [0, 0.1) is 0 Å². The van der Waals surface area contributed by atoms with Crippen molar-refractivity contribution in [3.8, 4) is 0 Å². The van der Waals surface area contributed by atoms with E-state index in [1.54, 1.807) is 13.1 Å². The molecule has 0 radical (unpaired) electrons. The lowest BCUT2D eigenvalue weighted by Crippen LogP contribution is -2.59. The highest BCUT2D eigenvalue weighted by Gasteiger charge is 2.43. The van der Waals surface area contributed by atoms with Crippen LogP contribution in [-0.2, 0) is 12.3 Å². The lowest BCUT2D eigenvalue weighted by atomic mass is 10.4. The molecule has 0 heterocycles. The van der Waals surface area contributed by atoms with Crippen molar-refractivity contribution >= 4 is 39.2 Å². The molecule has 0 saturated carbocycles. The minimum absolute atomic E-state index is 1.26. The second kappa shape index (κ2) is 6.81. The first-order valence-corrected chi connectivity index (χ1v) is 19.0. The van der Waals surface area contributed by atoms with Crippen LogP contribution in [0.4, 0.5) is 0 Å². The molecule has 1 aromatic rings. The summed E-state index contributed by atoms with van der Waals surface area (Å²) in [6, 6.07) is 10.4. The van der Waals surface area contributed by atoms with Gasteiger partial charge in [-0.3, -0.25) is 0 Å².